The second kappa shape index (κ2) is 10.3. The van der Waals surface area contributed by atoms with Gasteiger partial charge in [-0.25, -0.2) is 4.39 Å². The van der Waals surface area contributed by atoms with Crippen LogP contribution in [0, 0.1) is 5.82 Å². The van der Waals surface area contributed by atoms with Crippen LogP contribution in [0.4, 0.5) is 4.39 Å². The summed E-state index contributed by atoms with van der Waals surface area (Å²) in [6.45, 7) is 1.26. The van der Waals surface area contributed by atoms with Crippen LogP contribution in [0.3, 0.4) is 0 Å². The minimum atomic E-state index is -0.655. The largest absolute Gasteiger partial charge is 0.485 e. The molecule has 3 aromatic carbocycles. The maximum atomic E-state index is 13.0. The van der Waals surface area contributed by atoms with Crippen molar-refractivity contribution in [2.75, 3.05) is 6.61 Å². The van der Waals surface area contributed by atoms with Crippen molar-refractivity contribution < 1.29 is 23.5 Å². The number of hydrogen-bond acceptors (Lipinski definition) is 4. The molecule has 3 aromatic rings. The molecule has 4 nitrogen and oxygen atoms in total. The van der Waals surface area contributed by atoms with Gasteiger partial charge >= 0.3 is 0 Å². The van der Waals surface area contributed by atoms with Crippen molar-refractivity contribution in [1.82, 2.24) is 0 Å². The van der Waals surface area contributed by atoms with Gasteiger partial charge in [-0.3, -0.25) is 9.59 Å². The topological polar surface area (TPSA) is 52.6 Å². The summed E-state index contributed by atoms with van der Waals surface area (Å²) in [5, 5.41) is 0. The fourth-order valence-corrected chi connectivity index (χ4v) is 3.00. The Balaban J connectivity index is 1.66. The number of halogens is 1. The summed E-state index contributed by atoms with van der Waals surface area (Å²) in [4.78, 5) is 24.8. The maximum absolute atomic E-state index is 13.0. The number of ether oxygens (including phenoxy) is 2. The van der Waals surface area contributed by atoms with E-state index in [1.165, 1.54) is 31.2 Å². The number of carbonyl (C=O) groups is 2. The van der Waals surface area contributed by atoms with Crippen molar-refractivity contribution in [3.63, 3.8) is 0 Å². The summed E-state index contributed by atoms with van der Waals surface area (Å²) in [6.07, 6.45) is 0.542. The number of carbonyl (C=O) groups excluding carboxylic acids is 2. The molecule has 0 spiro atoms. The van der Waals surface area contributed by atoms with E-state index in [2.05, 4.69) is 0 Å². The molecule has 0 aliphatic rings. The molecule has 0 fully saturated rings. The molecule has 30 heavy (non-hydrogen) atoms. The van der Waals surface area contributed by atoms with Gasteiger partial charge in [0.2, 0.25) is 5.78 Å². The van der Waals surface area contributed by atoms with Crippen LogP contribution >= 0.6 is 0 Å². The molecule has 0 saturated heterocycles. The second-order valence-electron chi connectivity index (χ2n) is 6.90. The molecule has 3 rings (SSSR count). The highest BCUT2D eigenvalue weighted by molar-refractivity contribution is 5.99. The highest BCUT2D eigenvalue weighted by Crippen LogP contribution is 2.22. The first-order chi connectivity index (χ1) is 14.5. The van der Waals surface area contributed by atoms with Crippen LogP contribution in [0.25, 0.3) is 0 Å². The Morgan fingerprint density at radius 2 is 1.57 bits per heavy atom. The quantitative estimate of drug-likeness (QED) is 0.442. The van der Waals surface area contributed by atoms with Crippen molar-refractivity contribution >= 4 is 11.6 Å². The van der Waals surface area contributed by atoms with E-state index in [1.807, 2.05) is 30.3 Å². The van der Waals surface area contributed by atoms with Crippen LogP contribution in [0.15, 0.2) is 78.9 Å². The second-order valence-corrected chi connectivity index (χ2v) is 6.90. The first-order valence-corrected chi connectivity index (χ1v) is 9.74. The molecule has 154 valence electrons. The molecule has 0 amide bonds. The van der Waals surface area contributed by atoms with Gasteiger partial charge in [-0.05, 0) is 61.7 Å². The zero-order chi connectivity index (χ0) is 21.3. The maximum Gasteiger partial charge on any atom is 0.203 e. The predicted molar refractivity (Wildman–Crippen MR) is 113 cm³/mol. The number of aryl methyl sites for hydroxylation is 1. The summed E-state index contributed by atoms with van der Waals surface area (Å²) in [5.74, 6) is -0.0275. The first kappa shape index (κ1) is 21.2. The van der Waals surface area contributed by atoms with E-state index < -0.39 is 6.10 Å². The molecule has 0 N–H and O–H groups in total. The molecule has 0 radical (unpaired) electrons. The van der Waals surface area contributed by atoms with Gasteiger partial charge in [-0.2, -0.15) is 0 Å². The lowest BCUT2D eigenvalue weighted by molar-refractivity contribution is -0.123. The molecule has 1 unspecified atom stereocenters. The van der Waals surface area contributed by atoms with Crippen LogP contribution in [0.2, 0.25) is 0 Å². The Morgan fingerprint density at radius 3 is 2.27 bits per heavy atom. The van der Waals surface area contributed by atoms with Gasteiger partial charge in [0.15, 0.2) is 18.5 Å². The number of rotatable bonds is 10. The monoisotopic (exact) mass is 406 g/mol. The Morgan fingerprint density at radius 1 is 0.900 bits per heavy atom. The van der Waals surface area contributed by atoms with Gasteiger partial charge in [0.05, 0.1) is 5.56 Å². The van der Waals surface area contributed by atoms with Crippen molar-refractivity contribution in [2.45, 2.75) is 25.9 Å². The van der Waals surface area contributed by atoms with Crippen molar-refractivity contribution in [3.05, 3.63) is 95.8 Å². The highest BCUT2D eigenvalue weighted by atomic mass is 19.1. The fraction of sp³-hybridized carbons (Fsp3) is 0.200. The Kier molecular flexibility index (Phi) is 7.33. The summed E-state index contributed by atoms with van der Waals surface area (Å²) in [7, 11) is 0. The molecule has 0 saturated carbocycles. The SMILES string of the molecule is CC(=O)C(CCc1ccccc1)Oc1ccccc1C(=O)COc1ccc(F)cc1. The molecule has 0 bridgehead atoms. The minimum Gasteiger partial charge on any atom is -0.485 e. The van der Waals surface area contributed by atoms with Gasteiger partial charge in [-0.15, -0.1) is 0 Å². The summed E-state index contributed by atoms with van der Waals surface area (Å²) in [5.41, 5.74) is 1.45. The van der Waals surface area contributed by atoms with E-state index in [4.69, 9.17) is 9.47 Å². The van der Waals surface area contributed by atoms with E-state index in [1.54, 1.807) is 24.3 Å². The summed E-state index contributed by atoms with van der Waals surface area (Å²) < 4.78 is 24.4. The average Bonchev–Trinajstić information content (AvgIpc) is 2.77. The number of ketones is 2. The van der Waals surface area contributed by atoms with Crippen LogP contribution in [-0.2, 0) is 11.2 Å². The molecule has 5 heteroatoms. The average molecular weight is 406 g/mol. The molecular weight excluding hydrogens is 383 g/mol. The molecule has 0 aliphatic carbocycles. The lowest BCUT2D eigenvalue weighted by atomic mass is 10.0. The summed E-state index contributed by atoms with van der Waals surface area (Å²) >= 11 is 0. The Bertz CT molecular complexity index is 984. The van der Waals surface area contributed by atoms with E-state index in [-0.39, 0.29) is 24.0 Å². The van der Waals surface area contributed by atoms with Crippen LogP contribution in [0.1, 0.15) is 29.3 Å². The molecule has 0 aromatic heterocycles. The smallest absolute Gasteiger partial charge is 0.203 e. The van der Waals surface area contributed by atoms with Crippen LogP contribution in [-0.4, -0.2) is 24.3 Å². The van der Waals surface area contributed by atoms with Crippen molar-refractivity contribution in [3.8, 4) is 11.5 Å². The minimum absolute atomic E-state index is 0.101. The third kappa shape index (κ3) is 6.01. The van der Waals surface area contributed by atoms with Gasteiger partial charge in [0, 0.05) is 0 Å². The fourth-order valence-electron chi connectivity index (χ4n) is 3.00. The van der Waals surface area contributed by atoms with Crippen LogP contribution < -0.4 is 9.47 Å². The first-order valence-electron chi connectivity index (χ1n) is 9.74. The number of para-hydroxylation sites is 1. The van der Waals surface area contributed by atoms with Gasteiger partial charge < -0.3 is 9.47 Å². The molecule has 0 aliphatic heterocycles. The van der Waals surface area contributed by atoms with E-state index in [9.17, 15) is 14.0 Å². The van der Waals surface area contributed by atoms with Gasteiger partial charge in [0.25, 0.3) is 0 Å². The number of Topliss-reactive ketones (excluding diaryl/α,β-unsaturated/α-hetero) is 2. The van der Waals surface area contributed by atoms with Crippen molar-refractivity contribution in [2.24, 2.45) is 0 Å². The van der Waals surface area contributed by atoms with E-state index in [0.717, 1.165) is 5.56 Å². The standard InChI is InChI=1S/C25H23FO4/c1-18(27)24(16-11-19-7-3-2-4-8-19)30-25-10-6-5-9-22(25)23(28)17-29-21-14-12-20(26)13-15-21/h2-10,12-15,24H,11,16-17H2,1H3. The molecule has 0 heterocycles. The lowest BCUT2D eigenvalue weighted by Crippen LogP contribution is -2.27. The lowest BCUT2D eigenvalue weighted by Gasteiger charge is -2.18. The zero-order valence-corrected chi connectivity index (χ0v) is 16.7. The molecular formula is C25H23FO4. The van der Waals surface area contributed by atoms with Gasteiger partial charge in [0.1, 0.15) is 17.3 Å². The van der Waals surface area contributed by atoms with E-state index >= 15 is 0 Å². The zero-order valence-electron chi connectivity index (χ0n) is 16.7. The third-order valence-corrected chi connectivity index (χ3v) is 4.63. The predicted octanol–water partition coefficient (Wildman–Crippen LogP) is 5.06. The highest BCUT2D eigenvalue weighted by Gasteiger charge is 2.20. The number of hydrogen-bond donors (Lipinski definition) is 0. The van der Waals surface area contributed by atoms with Crippen molar-refractivity contribution in [1.29, 1.82) is 0 Å². The Hall–Kier alpha value is -3.47. The summed E-state index contributed by atoms with van der Waals surface area (Å²) in [6, 6.07) is 22.1. The third-order valence-electron chi connectivity index (χ3n) is 4.63. The number of benzene rings is 3. The normalized spacial score (nSPS) is 11.5. The van der Waals surface area contributed by atoms with Crippen LogP contribution in [0.5, 0.6) is 11.5 Å². The Labute approximate surface area is 175 Å². The van der Waals surface area contributed by atoms with Gasteiger partial charge in [-0.1, -0.05) is 42.5 Å². The van der Waals surface area contributed by atoms with E-state index in [0.29, 0.717) is 29.9 Å². The molecule has 1 atom stereocenters.